The van der Waals surface area contributed by atoms with E-state index in [1.54, 1.807) is 62.3 Å². The van der Waals surface area contributed by atoms with Crippen LogP contribution in [0.1, 0.15) is 62.3 Å². The Balaban J connectivity index is 5.25. The molecule has 0 amide bonds. The van der Waals surface area contributed by atoms with Crippen molar-refractivity contribution in [3.05, 3.63) is 0 Å². The number of carbonyl (C=O) groups is 4. The molecule has 0 rings (SSSR count). The summed E-state index contributed by atoms with van der Waals surface area (Å²) in [5.74, 6) is -1.14. The maximum absolute atomic E-state index is 12.5. The van der Waals surface area contributed by atoms with Gasteiger partial charge < -0.3 is 34.7 Å². The molecule has 1 atom stereocenters. The molecule has 3 N–H and O–H groups in total. The molecule has 228 valence electrons. The topological polar surface area (TPSA) is 147 Å². The second-order valence-corrected chi connectivity index (χ2v) is 12.4. The lowest BCUT2D eigenvalue weighted by Gasteiger charge is -2.29. The molecule has 0 aliphatic heterocycles. The number of aldehydes is 1. The van der Waals surface area contributed by atoms with E-state index >= 15 is 0 Å². The van der Waals surface area contributed by atoms with Crippen LogP contribution < -0.4 is 10.6 Å². The van der Waals surface area contributed by atoms with Crippen molar-refractivity contribution in [3.8, 4) is 0 Å². The first-order valence-electron chi connectivity index (χ1n) is 13.4. The Morgan fingerprint density at radius 3 is 1.51 bits per heavy atom. The number of rotatable bonds is 18. The highest BCUT2D eigenvalue weighted by Crippen LogP contribution is 2.09. The van der Waals surface area contributed by atoms with Gasteiger partial charge in [0.15, 0.2) is 0 Å². The normalized spacial score (nSPS) is 13.3. The Bertz CT molecular complexity index is 756. The predicted molar refractivity (Wildman–Crippen MR) is 148 cm³/mol. The molecule has 0 saturated carbocycles. The minimum Gasteiger partial charge on any atom is -0.459 e. The lowest BCUT2D eigenvalue weighted by Crippen LogP contribution is -2.46. The Kier molecular flexibility index (Phi) is 16.6. The largest absolute Gasteiger partial charge is 0.459 e. The molecule has 1 unspecified atom stereocenters. The van der Waals surface area contributed by atoms with E-state index in [1.165, 1.54) is 0 Å². The van der Waals surface area contributed by atoms with E-state index < -0.39 is 28.8 Å². The molecule has 0 aliphatic rings. The molecule has 12 nitrogen and oxygen atoms in total. The fourth-order valence-electron chi connectivity index (χ4n) is 3.30. The third kappa shape index (κ3) is 22.4. The molecule has 0 fully saturated rings. The van der Waals surface area contributed by atoms with Crippen molar-refractivity contribution < 1.29 is 38.5 Å². The van der Waals surface area contributed by atoms with Gasteiger partial charge in [-0.05, 0) is 62.3 Å². The number of nitrogens with zero attached hydrogens (tertiary/aromatic N) is 2. The molecule has 39 heavy (non-hydrogen) atoms. The van der Waals surface area contributed by atoms with E-state index in [4.69, 9.17) is 14.2 Å². The Labute approximate surface area is 234 Å². The third-order valence-corrected chi connectivity index (χ3v) is 4.77. The van der Waals surface area contributed by atoms with Crippen LogP contribution >= 0.6 is 0 Å². The molecule has 0 aromatic carbocycles. The SMILES string of the molecule is CC(C)(C)OC(=O)CNCCN(CCN(CCNC(C=O)CO)CC(=O)OC(C)(C)C)CC(=O)OC(C)(C)C. The highest BCUT2D eigenvalue weighted by Gasteiger charge is 2.22. The van der Waals surface area contributed by atoms with Gasteiger partial charge in [0.2, 0.25) is 0 Å². The van der Waals surface area contributed by atoms with Gasteiger partial charge in [0.25, 0.3) is 0 Å². The van der Waals surface area contributed by atoms with Crippen molar-refractivity contribution >= 4 is 24.2 Å². The van der Waals surface area contributed by atoms with Crippen molar-refractivity contribution in [2.24, 2.45) is 0 Å². The summed E-state index contributed by atoms with van der Waals surface area (Å²) < 4.78 is 16.2. The fraction of sp³-hybridized carbons (Fsp3) is 0.852. The van der Waals surface area contributed by atoms with Crippen LogP contribution in [0.15, 0.2) is 0 Å². The summed E-state index contributed by atoms with van der Waals surface area (Å²) in [5.41, 5.74) is -1.84. The second kappa shape index (κ2) is 17.5. The van der Waals surface area contributed by atoms with Gasteiger partial charge in [-0.1, -0.05) is 0 Å². The van der Waals surface area contributed by atoms with E-state index in [0.29, 0.717) is 45.6 Å². The zero-order chi connectivity index (χ0) is 30.3. The summed E-state index contributed by atoms with van der Waals surface area (Å²) in [4.78, 5) is 51.8. The predicted octanol–water partition coefficient (Wildman–Crippen LogP) is 0.355. The molecule has 12 heteroatoms. The number of nitrogens with one attached hydrogen (secondary N) is 2. The highest BCUT2D eigenvalue weighted by molar-refractivity contribution is 5.73. The van der Waals surface area contributed by atoms with Gasteiger partial charge in [0, 0.05) is 39.3 Å². The second-order valence-electron chi connectivity index (χ2n) is 12.4. The molecule has 0 saturated heterocycles. The fourth-order valence-corrected chi connectivity index (χ4v) is 3.30. The van der Waals surface area contributed by atoms with Crippen LogP contribution in [0.5, 0.6) is 0 Å². The van der Waals surface area contributed by atoms with Gasteiger partial charge in [-0.25, -0.2) is 0 Å². The van der Waals surface area contributed by atoms with Gasteiger partial charge in [-0.15, -0.1) is 0 Å². The lowest BCUT2D eigenvalue weighted by molar-refractivity contribution is -0.158. The minimum atomic E-state index is -0.687. The van der Waals surface area contributed by atoms with Crippen LogP contribution in [0.4, 0.5) is 0 Å². The van der Waals surface area contributed by atoms with Gasteiger partial charge in [-0.2, -0.15) is 0 Å². The average molecular weight is 561 g/mol. The number of aliphatic hydroxyl groups excluding tert-OH is 1. The van der Waals surface area contributed by atoms with Gasteiger partial charge in [0.05, 0.1) is 32.3 Å². The maximum atomic E-state index is 12.5. The number of ether oxygens (including phenoxy) is 3. The number of esters is 3. The molecule has 0 bridgehead atoms. The van der Waals surface area contributed by atoms with Crippen LogP contribution in [0.3, 0.4) is 0 Å². The van der Waals surface area contributed by atoms with Crippen molar-refractivity contribution in [1.29, 1.82) is 0 Å². The van der Waals surface area contributed by atoms with Gasteiger partial charge in [-0.3, -0.25) is 24.2 Å². The van der Waals surface area contributed by atoms with E-state index in [1.807, 2.05) is 9.80 Å². The van der Waals surface area contributed by atoms with E-state index in [2.05, 4.69) is 10.6 Å². The number of hydrogen-bond acceptors (Lipinski definition) is 12. The summed E-state index contributed by atoms with van der Waals surface area (Å²) in [6.07, 6.45) is 0.630. The van der Waals surface area contributed by atoms with Crippen LogP contribution in [-0.2, 0) is 33.4 Å². The highest BCUT2D eigenvalue weighted by atomic mass is 16.6. The minimum absolute atomic E-state index is 0.0149. The molecule has 0 aromatic heterocycles. The quantitative estimate of drug-likeness (QED) is 0.0920. The lowest BCUT2D eigenvalue weighted by atomic mass is 10.2. The van der Waals surface area contributed by atoms with Crippen molar-refractivity contribution in [2.45, 2.75) is 85.2 Å². The van der Waals surface area contributed by atoms with Crippen LogP contribution in [0.25, 0.3) is 0 Å². The zero-order valence-electron chi connectivity index (χ0n) is 25.4. The Morgan fingerprint density at radius 1 is 0.718 bits per heavy atom. The van der Waals surface area contributed by atoms with Crippen molar-refractivity contribution in [3.63, 3.8) is 0 Å². The standard InChI is InChI=1S/C27H52N4O8/c1-25(2,3)37-22(34)16-28-10-12-30(17-23(35)38-26(4,5)6)14-15-31(13-11-29-21(19-32)20-33)18-24(36)39-27(7,8)9/h19,21,28-29,33H,10-18,20H2,1-9H3. The summed E-state index contributed by atoms with van der Waals surface area (Å²) in [6.45, 7) is 18.4. The van der Waals surface area contributed by atoms with E-state index in [9.17, 15) is 24.3 Å². The van der Waals surface area contributed by atoms with Crippen molar-refractivity contribution in [2.75, 3.05) is 65.5 Å². The number of carbonyl (C=O) groups excluding carboxylic acids is 4. The van der Waals surface area contributed by atoms with Crippen LogP contribution in [0, 0.1) is 0 Å². The average Bonchev–Trinajstić information content (AvgIpc) is 2.73. The summed E-state index contributed by atoms with van der Waals surface area (Å²) in [7, 11) is 0. The molecule has 0 aromatic rings. The molecular weight excluding hydrogens is 508 g/mol. The summed E-state index contributed by atoms with van der Waals surface area (Å²) in [6, 6.07) is -0.687. The smallest absolute Gasteiger partial charge is 0.320 e. The third-order valence-electron chi connectivity index (χ3n) is 4.77. The van der Waals surface area contributed by atoms with E-state index in [0.717, 1.165) is 0 Å². The number of hydrogen-bond donors (Lipinski definition) is 3. The van der Waals surface area contributed by atoms with Gasteiger partial charge in [0.1, 0.15) is 23.1 Å². The zero-order valence-corrected chi connectivity index (χ0v) is 25.4. The Hall–Kier alpha value is -2.12. The van der Waals surface area contributed by atoms with Gasteiger partial charge >= 0.3 is 17.9 Å². The first kappa shape index (κ1) is 36.9. The molecule has 0 spiro atoms. The van der Waals surface area contributed by atoms with Crippen molar-refractivity contribution in [1.82, 2.24) is 20.4 Å². The summed E-state index contributed by atoms with van der Waals surface area (Å²) >= 11 is 0. The maximum Gasteiger partial charge on any atom is 0.320 e. The van der Waals surface area contributed by atoms with E-state index in [-0.39, 0.29) is 38.2 Å². The van der Waals surface area contributed by atoms with Crippen LogP contribution in [0.2, 0.25) is 0 Å². The van der Waals surface area contributed by atoms with Crippen LogP contribution in [-0.4, -0.2) is 127 Å². The first-order valence-corrected chi connectivity index (χ1v) is 13.4. The molecule has 0 heterocycles. The molecule has 0 radical (unpaired) electrons. The molecule has 0 aliphatic carbocycles. The molecular formula is C27H52N4O8. The first-order chi connectivity index (χ1) is 17.8. The monoisotopic (exact) mass is 560 g/mol. The summed E-state index contributed by atoms with van der Waals surface area (Å²) in [5, 5.41) is 15.2. The number of aliphatic hydroxyl groups is 1. The Morgan fingerprint density at radius 2 is 1.13 bits per heavy atom.